The van der Waals surface area contributed by atoms with Gasteiger partial charge in [-0.15, -0.1) is 5.10 Å². The third-order valence-electron chi connectivity index (χ3n) is 5.09. The number of halogens is 3. The molecule has 0 bridgehead atoms. The molecule has 8 nitrogen and oxygen atoms in total. The SMILES string of the molecule is CC1=C(C(=O)Nc2ccccc2C)C(c2cn(C)nc2C)n2nc(C(F)(F)F)nc2N1. The van der Waals surface area contributed by atoms with Gasteiger partial charge >= 0.3 is 6.18 Å². The monoisotopic (exact) mass is 431 g/mol. The number of aromatic nitrogens is 5. The highest BCUT2D eigenvalue weighted by molar-refractivity contribution is 6.06. The number of rotatable bonds is 3. The molecule has 1 aliphatic rings. The van der Waals surface area contributed by atoms with Crippen molar-refractivity contribution in [3.8, 4) is 0 Å². The molecule has 0 fully saturated rings. The summed E-state index contributed by atoms with van der Waals surface area (Å²) < 4.78 is 42.5. The van der Waals surface area contributed by atoms with Gasteiger partial charge in [0.05, 0.1) is 11.3 Å². The zero-order valence-electron chi connectivity index (χ0n) is 17.2. The summed E-state index contributed by atoms with van der Waals surface area (Å²) >= 11 is 0. The normalized spacial score (nSPS) is 16.2. The van der Waals surface area contributed by atoms with E-state index in [9.17, 15) is 18.0 Å². The van der Waals surface area contributed by atoms with E-state index in [2.05, 4.69) is 25.8 Å². The zero-order valence-corrected chi connectivity index (χ0v) is 17.2. The van der Waals surface area contributed by atoms with Crippen molar-refractivity contribution < 1.29 is 18.0 Å². The summed E-state index contributed by atoms with van der Waals surface area (Å²) in [5.41, 5.74) is 3.19. The number of para-hydroxylation sites is 1. The summed E-state index contributed by atoms with van der Waals surface area (Å²) in [4.78, 5) is 16.9. The molecular weight excluding hydrogens is 411 g/mol. The van der Waals surface area contributed by atoms with Crippen LogP contribution in [-0.4, -0.2) is 30.5 Å². The first-order valence-electron chi connectivity index (χ1n) is 9.45. The van der Waals surface area contributed by atoms with Gasteiger partial charge in [0.2, 0.25) is 5.95 Å². The van der Waals surface area contributed by atoms with E-state index in [1.54, 1.807) is 43.9 Å². The van der Waals surface area contributed by atoms with Crippen LogP contribution < -0.4 is 10.6 Å². The number of benzene rings is 1. The number of alkyl halides is 3. The van der Waals surface area contributed by atoms with Gasteiger partial charge in [-0.3, -0.25) is 9.48 Å². The smallest absolute Gasteiger partial charge is 0.328 e. The molecule has 1 amide bonds. The minimum absolute atomic E-state index is 0.0921. The lowest BCUT2D eigenvalue weighted by atomic mass is 9.95. The zero-order chi connectivity index (χ0) is 22.5. The molecule has 31 heavy (non-hydrogen) atoms. The van der Waals surface area contributed by atoms with Gasteiger partial charge in [0.1, 0.15) is 6.04 Å². The molecule has 0 saturated heterocycles. The van der Waals surface area contributed by atoms with Crippen molar-refractivity contribution in [1.29, 1.82) is 0 Å². The topological polar surface area (TPSA) is 89.7 Å². The Hall–Kier alpha value is -3.63. The van der Waals surface area contributed by atoms with E-state index in [4.69, 9.17) is 0 Å². The number of carbonyl (C=O) groups excluding carboxylic acids is 1. The van der Waals surface area contributed by atoms with E-state index in [0.29, 0.717) is 22.6 Å². The predicted molar refractivity (Wildman–Crippen MR) is 107 cm³/mol. The minimum atomic E-state index is -4.72. The average Bonchev–Trinajstić information content (AvgIpc) is 3.24. The molecular formula is C20H20F3N7O. The largest absolute Gasteiger partial charge is 0.453 e. The highest BCUT2D eigenvalue weighted by atomic mass is 19.4. The van der Waals surface area contributed by atoms with Gasteiger partial charge < -0.3 is 10.6 Å². The lowest BCUT2D eigenvalue weighted by Gasteiger charge is -2.28. The molecule has 0 aliphatic carbocycles. The first kappa shape index (κ1) is 20.6. The van der Waals surface area contributed by atoms with Crippen LogP contribution in [0.2, 0.25) is 0 Å². The number of nitrogens with one attached hydrogen (secondary N) is 2. The molecule has 0 spiro atoms. The third-order valence-corrected chi connectivity index (χ3v) is 5.09. The van der Waals surface area contributed by atoms with Crippen molar-refractivity contribution in [2.45, 2.75) is 33.0 Å². The molecule has 1 atom stereocenters. The first-order chi connectivity index (χ1) is 14.6. The minimum Gasteiger partial charge on any atom is -0.328 e. The molecule has 2 aromatic heterocycles. The standard InChI is InChI=1S/C20H20F3N7O/c1-10-7-5-6-8-14(10)25-17(31)15-12(3)24-19-26-18(20(21,22)23)28-30(19)16(15)13-9-29(4)27-11(13)2/h5-9,16H,1-4H3,(H,25,31)(H,24,26,28). The maximum absolute atomic E-state index is 13.3. The number of hydrogen-bond acceptors (Lipinski definition) is 5. The van der Waals surface area contributed by atoms with E-state index in [1.165, 1.54) is 0 Å². The molecule has 3 heterocycles. The van der Waals surface area contributed by atoms with E-state index in [0.717, 1.165) is 10.2 Å². The van der Waals surface area contributed by atoms with Crippen LogP contribution in [0.25, 0.3) is 0 Å². The van der Waals surface area contributed by atoms with Gasteiger partial charge in [0.25, 0.3) is 11.7 Å². The Morgan fingerprint density at radius 1 is 1.16 bits per heavy atom. The molecule has 1 unspecified atom stereocenters. The third kappa shape index (κ3) is 3.66. The van der Waals surface area contributed by atoms with E-state index in [1.807, 2.05) is 19.1 Å². The lowest BCUT2D eigenvalue weighted by molar-refractivity contribution is -0.145. The number of amides is 1. The highest BCUT2D eigenvalue weighted by Crippen LogP contribution is 2.38. The number of hydrogen-bond donors (Lipinski definition) is 2. The van der Waals surface area contributed by atoms with Crippen LogP contribution in [0.1, 0.15) is 35.6 Å². The molecule has 4 rings (SSSR count). The van der Waals surface area contributed by atoms with Gasteiger partial charge in [0, 0.05) is 30.2 Å². The Balaban J connectivity index is 1.84. The number of nitrogens with zero attached hydrogens (tertiary/aromatic N) is 5. The van der Waals surface area contributed by atoms with E-state index in [-0.39, 0.29) is 11.5 Å². The summed E-state index contributed by atoms with van der Waals surface area (Å²) in [5, 5.41) is 13.6. The number of fused-ring (bicyclic) bond motifs is 1. The van der Waals surface area contributed by atoms with Crippen LogP contribution in [0.5, 0.6) is 0 Å². The summed E-state index contributed by atoms with van der Waals surface area (Å²) in [5.74, 6) is -1.83. The van der Waals surface area contributed by atoms with Crippen LogP contribution in [0.3, 0.4) is 0 Å². The van der Waals surface area contributed by atoms with Crippen molar-refractivity contribution >= 4 is 17.5 Å². The number of allylic oxidation sites excluding steroid dienone is 1. The highest BCUT2D eigenvalue weighted by Gasteiger charge is 2.42. The fourth-order valence-corrected chi connectivity index (χ4v) is 3.64. The van der Waals surface area contributed by atoms with Gasteiger partial charge in [-0.25, -0.2) is 4.68 Å². The Labute approximate surface area is 175 Å². The predicted octanol–water partition coefficient (Wildman–Crippen LogP) is 3.57. The molecule has 0 saturated carbocycles. The Morgan fingerprint density at radius 2 is 1.87 bits per heavy atom. The van der Waals surface area contributed by atoms with Crippen LogP contribution >= 0.6 is 0 Å². The average molecular weight is 431 g/mol. The molecule has 162 valence electrons. The van der Waals surface area contributed by atoms with Crippen LogP contribution in [0.4, 0.5) is 24.8 Å². The molecule has 0 radical (unpaired) electrons. The number of aryl methyl sites for hydroxylation is 3. The van der Waals surface area contributed by atoms with E-state index < -0.39 is 23.9 Å². The summed E-state index contributed by atoms with van der Waals surface area (Å²) in [7, 11) is 1.70. The van der Waals surface area contributed by atoms with Crippen molar-refractivity contribution in [3.63, 3.8) is 0 Å². The molecule has 1 aliphatic heterocycles. The fraction of sp³-hybridized carbons (Fsp3) is 0.300. The molecule has 1 aromatic carbocycles. The van der Waals surface area contributed by atoms with Crippen LogP contribution in [-0.2, 0) is 18.0 Å². The second-order valence-corrected chi connectivity index (χ2v) is 7.38. The maximum atomic E-state index is 13.3. The first-order valence-corrected chi connectivity index (χ1v) is 9.45. The van der Waals surface area contributed by atoms with Crippen LogP contribution in [0, 0.1) is 13.8 Å². The van der Waals surface area contributed by atoms with Crippen molar-refractivity contribution in [3.05, 3.63) is 64.4 Å². The van der Waals surface area contributed by atoms with E-state index >= 15 is 0 Å². The second-order valence-electron chi connectivity index (χ2n) is 7.38. The van der Waals surface area contributed by atoms with Crippen molar-refractivity contribution in [1.82, 2.24) is 24.5 Å². The molecule has 11 heteroatoms. The number of carbonyl (C=O) groups is 1. The Morgan fingerprint density at radius 3 is 2.48 bits per heavy atom. The molecule has 3 aromatic rings. The van der Waals surface area contributed by atoms with Gasteiger partial charge in [-0.2, -0.15) is 23.3 Å². The number of anilines is 2. The summed E-state index contributed by atoms with van der Waals surface area (Å²) in [6.45, 7) is 5.20. The van der Waals surface area contributed by atoms with Crippen LogP contribution in [0.15, 0.2) is 41.7 Å². The van der Waals surface area contributed by atoms with Gasteiger partial charge in [0.15, 0.2) is 0 Å². The Bertz CT molecular complexity index is 1210. The maximum Gasteiger partial charge on any atom is 0.453 e. The van der Waals surface area contributed by atoms with Gasteiger partial charge in [-0.1, -0.05) is 18.2 Å². The van der Waals surface area contributed by atoms with Gasteiger partial charge in [-0.05, 0) is 32.4 Å². The second kappa shape index (κ2) is 7.25. The summed E-state index contributed by atoms with van der Waals surface area (Å²) in [6.07, 6.45) is -3.06. The molecule has 2 N–H and O–H groups in total. The Kier molecular flexibility index (Phi) is 4.83. The van der Waals surface area contributed by atoms with Crippen molar-refractivity contribution in [2.75, 3.05) is 10.6 Å². The summed E-state index contributed by atoms with van der Waals surface area (Å²) in [6, 6.07) is 6.31. The van der Waals surface area contributed by atoms with Crippen molar-refractivity contribution in [2.24, 2.45) is 7.05 Å². The lowest BCUT2D eigenvalue weighted by Crippen LogP contribution is -2.32. The quantitative estimate of drug-likeness (QED) is 0.662. The fourth-order valence-electron chi connectivity index (χ4n) is 3.64.